The topological polar surface area (TPSA) is 59.6 Å². The van der Waals surface area contributed by atoms with Gasteiger partial charge in [0.15, 0.2) is 5.11 Å². The molecule has 0 amide bonds. The molecular weight excluding hydrogens is 372 g/mol. The number of esters is 1. The van der Waals surface area contributed by atoms with Crippen molar-refractivity contribution >= 4 is 29.0 Å². The molecule has 0 aliphatic heterocycles. The first-order valence-corrected chi connectivity index (χ1v) is 9.76. The van der Waals surface area contributed by atoms with Crippen LogP contribution in [0.2, 0.25) is 0 Å². The number of anilines is 1. The molecule has 150 valence electrons. The summed E-state index contributed by atoms with van der Waals surface area (Å²) in [6.07, 6.45) is 0. The summed E-state index contributed by atoms with van der Waals surface area (Å²) in [5.41, 5.74) is 4.73. The number of rotatable bonds is 7. The fraction of sp³-hybridized carbons (Fsp3) is 0.364. The molecule has 2 rings (SSSR count). The second kappa shape index (κ2) is 10.1. The minimum Gasteiger partial charge on any atom is -0.491 e. The minimum atomic E-state index is -0.324. The number of benzene rings is 2. The van der Waals surface area contributed by atoms with Crippen molar-refractivity contribution in [2.75, 3.05) is 18.5 Å². The number of hydrogen-bond donors (Lipinski definition) is 2. The van der Waals surface area contributed by atoms with Gasteiger partial charge in [0.2, 0.25) is 0 Å². The summed E-state index contributed by atoms with van der Waals surface area (Å²) in [5, 5.41) is 6.88. The molecule has 0 saturated carbocycles. The summed E-state index contributed by atoms with van der Waals surface area (Å²) in [4.78, 5) is 11.8. The van der Waals surface area contributed by atoms with E-state index < -0.39 is 0 Å². The van der Waals surface area contributed by atoms with Crippen LogP contribution in [0.15, 0.2) is 36.4 Å². The molecule has 0 aliphatic carbocycles. The lowest BCUT2D eigenvalue weighted by Crippen LogP contribution is -2.39. The maximum absolute atomic E-state index is 11.8. The number of nitrogens with one attached hydrogen (secondary N) is 2. The van der Waals surface area contributed by atoms with Gasteiger partial charge in [-0.3, -0.25) is 0 Å². The summed E-state index contributed by atoms with van der Waals surface area (Å²) in [5.74, 6) is 0.524. The van der Waals surface area contributed by atoms with Crippen LogP contribution >= 0.6 is 12.2 Å². The van der Waals surface area contributed by atoms with Crippen LogP contribution in [-0.2, 0) is 4.74 Å². The van der Waals surface area contributed by atoms with E-state index in [1.807, 2.05) is 32.0 Å². The first kappa shape index (κ1) is 21.7. The van der Waals surface area contributed by atoms with Gasteiger partial charge in [0, 0.05) is 5.69 Å². The quantitative estimate of drug-likeness (QED) is 0.526. The number of ether oxygens (including phenoxy) is 2. The predicted molar refractivity (Wildman–Crippen MR) is 117 cm³/mol. The number of carbonyl (C=O) groups excluding carboxylic acids is 1. The second-order valence-corrected chi connectivity index (χ2v) is 7.21. The van der Waals surface area contributed by atoms with Crippen LogP contribution in [0.1, 0.15) is 40.9 Å². The van der Waals surface area contributed by atoms with Gasteiger partial charge in [-0.15, -0.1) is 0 Å². The van der Waals surface area contributed by atoms with Crippen molar-refractivity contribution in [2.45, 2.75) is 40.7 Å². The Bertz CT molecular complexity index is 852. The van der Waals surface area contributed by atoms with Gasteiger partial charge >= 0.3 is 5.97 Å². The van der Waals surface area contributed by atoms with E-state index in [0.29, 0.717) is 23.9 Å². The first-order valence-electron chi connectivity index (χ1n) is 9.35. The van der Waals surface area contributed by atoms with E-state index in [0.717, 1.165) is 17.0 Å². The third kappa shape index (κ3) is 6.23. The molecule has 0 aromatic heterocycles. The highest BCUT2D eigenvalue weighted by Gasteiger charge is 2.11. The highest BCUT2D eigenvalue weighted by Crippen LogP contribution is 2.18. The molecule has 2 aromatic carbocycles. The van der Waals surface area contributed by atoms with Gasteiger partial charge in [-0.2, -0.15) is 0 Å². The van der Waals surface area contributed by atoms with E-state index in [9.17, 15) is 4.79 Å². The fourth-order valence-electron chi connectivity index (χ4n) is 2.59. The molecule has 1 unspecified atom stereocenters. The van der Waals surface area contributed by atoms with E-state index in [2.05, 4.69) is 30.5 Å². The summed E-state index contributed by atoms with van der Waals surface area (Å²) in [7, 11) is 0. The Balaban J connectivity index is 1.87. The highest BCUT2D eigenvalue weighted by atomic mass is 32.1. The molecule has 0 heterocycles. The number of hydrogen-bond acceptors (Lipinski definition) is 4. The first-order chi connectivity index (χ1) is 13.3. The molecule has 0 radical (unpaired) electrons. The maximum atomic E-state index is 11.8. The fourth-order valence-corrected chi connectivity index (χ4v) is 2.91. The molecule has 0 saturated heterocycles. The van der Waals surface area contributed by atoms with Crippen LogP contribution in [0.3, 0.4) is 0 Å². The Labute approximate surface area is 172 Å². The van der Waals surface area contributed by atoms with E-state index >= 15 is 0 Å². The summed E-state index contributed by atoms with van der Waals surface area (Å²) >= 11 is 5.40. The number of aryl methyl sites for hydroxylation is 3. The van der Waals surface area contributed by atoms with Crippen LogP contribution in [0.4, 0.5) is 5.69 Å². The molecule has 2 aromatic rings. The van der Waals surface area contributed by atoms with Gasteiger partial charge in [0.1, 0.15) is 12.4 Å². The molecule has 28 heavy (non-hydrogen) atoms. The summed E-state index contributed by atoms with van der Waals surface area (Å²) in [6.45, 7) is 10.7. The Kier molecular flexibility index (Phi) is 7.81. The van der Waals surface area contributed by atoms with Crippen molar-refractivity contribution in [3.63, 3.8) is 0 Å². The van der Waals surface area contributed by atoms with Gasteiger partial charge in [0.05, 0.1) is 18.2 Å². The maximum Gasteiger partial charge on any atom is 0.338 e. The molecule has 0 aliphatic rings. The van der Waals surface area contributed by atoms with Crippen LogP contribution in [-0.4, -0.2) is 30.3 Å². The largest absolute Gasteiger partial charge is 0.491 e. The van der Waals surface area contributed by atoms with E-state index in [1.54, 1.807) is 19.1 Å². The monoisotopic (exact) mass is 400 g/mol. The lowest BCUT2D eigenvalue weighted by atomic mass is 10.1. The average Bonchev–Trinajstić information content (AvgIpc) is 2.64. The minimum absolute atomic E-state index is 0.0284. The lowest BCUT2D eigenvalue weighted by molar-refractivity contribution is 0.0526. The second-order valence-electron chi connectivity index (χ2n) is 6.81. The molecule has 0 fully saturated rings. The smallest absolute Gasteiger partial charge is 0.338 e. The standard InChI is InChI=1S/C22H28N2O3S/c1-6-26-21(25)18-8-10-20(16(4)11-18)24-22(28)23-17(5)13-27-19-9-7-14(2)15(3)12-19/h7-12,17H,6,13H2,1-5H3,(H2,23,24,28). The Morgan fingerprint density at radius 3 is 2.46 bits per heavy atom. The summed E-state index contributed by atoms with van der Waals surface area (Å²) < 4.78 is 10.9. The van der Waals surface area contributed by atoms with Gasteiger partial charge < -0.3 is 20.1 Å². The number of carbonyl (C=O) groups is 1. The van der Waals surface area contributed by atoms with Crippen molar-refractivity contribution < 1.29 is 14.3 Å². The van der Waals surface area contributed by atoms with Crippen molar-refractivity contribution in [2.24, 2.45) is 0 Å². The molecule has 2 N–H and O–H groups in total. The normalized spacial score (nSPS) is 11.5. The van der Waals surface area contributed by atoms with E-state index in [4.69, 9.17) is 21.7 Å². The Morgan fingerprint density at radius 1 is 1.07 bits per heavy atom. The van der Waals surface area contributed by atoms with Gasteiger partial charge in [-0.05, 0) is 93.9 Å². The van der Waals surface area contributed by atoms with E-state index in [1.165, 1.54) is 11.1 Å². The lowest BCUT2D eigenvalue weighted by Gasteiger charge is -2.19. The van der Waals surface area contributed by atoms with E-state index in [-0.39, 0.29) is 12.0 Å². The van der Waals surface area contributed by atoms with Gasteiger partial charge in [-0.25, -0.2) is 4.79 Å². The molecule has 6 heteroatoms. The van der Waals surface area contributed by atoms with Gasteiger partial charge in [0.25, 0.3) is 0 Å². The third-order valence-electron chi connectivity index (χ3n) is 4.34. The van der Waals surface area contributed by atoms with Crippen LogP contribution < -0.4 is 15.4 Å². The van der Waals surface area contributed by atoms with Crippen molar-refractivity contribution in [1.82, 2.24) is 5.32 Å². The molecule has 1 atom stereocenters. The van der Waals surface area contributed by atoms with Crippen LogP contribution in [0, 0.1) is 20.8 Å². The molecule has 0 bridgehead atoms. The predicted octanol–water partition coefficient (Wildman–Crippen LogP) is 4.54. The van der Waals surface area contributed by atoms with Crippen molar-refractivity contribution in [3.8, 4) is 5.75 Å². The van der Waals surface area contributed by atoms with Crippen molar-refractivity contribution in [3.05, 3.63) is 58.7 Å². The molecular formula is C22H28N2O3S. The zero-order chi connectivity index (χ0) is 20.7. The summed E-state index contributed by atoms with van der Waals surface area (Å²) in [6, 6.07) is 11.4. The zero-order valence-corrected chi connectivity index (χ0v) is 17.9. The number of thiocarbonyl (C=S) groups is 1. The molecule has 5 nitrogen and oxygen atoms in total. The average molecular weight is 401 g/mol. The van der Waals surface area contributed by atoms with Crippen molar-refractivity contribution in [1.29, 1.82) is 0 Å². The third-order valence-corrected chi connectivity index (χ3v) is 4.56. The molecule has 0 spiro atoms. The van der Waals surface area contributed by atoms with Crippen LogP contribution in [0.5, 0.6) is 5.75 Å². The Morgan fingerprint density at radius 2 is 1.82 bits per heavy atom. The zero-order valence-electron chi connectivity index (χ0n) is 17.1. The Hall–Kier alpha value is -2.60. The SMILES string of the molecule is CCOC(=O)c1ccc(NC(=S)NC(C)COc2ccc(C)c(C)c2)c(C)c1. The van der Waals surface area contributed by atoms with Crippen LogP contribution in [0.25, 0.3) is 0 Å². The van der Waals surface area contributed by atoms with Gasteiger partial charge in [-0.1, -0.05) is 6.07 Å². The highest BCUT2D eigenvalue weighted by molar-refractivity contribution is 7.80.